The summed E-state index contributed by atoms with van der Waals surface area (Å²) in [6.07, 6.45) is 2.06. The highest BCUT2D eigenvalue weighted by molar-refractivity contribution is 7.91. The highest BCUT2D eigenvalue weighted by atomic mass is 32.2. The Morgan fingerprint density at radius 3 is 2.94 bits per heavy atom. The normalized spacial score (nSPS) is 11.8. The summed E-state index contributed by atoms with van der Waals surface area (Å²) >= 11 is 1.19. The first kappa shape index (κ1) is 12.3. The zero-order chi connectivity index (χ0) is 12.3. The molecule has 0 saturated heterocycles. The predicted octanol–water partition coefficient (Wildman–Crippen LogP) is 1.57. The van der Waals surface area contributed by atoms with Gasteiger partial charge in [0.05, 0.1) is 6.20 Å². The van der Waals surface area contributed by atoms with Crippen LogP contribution in [0.15, 0.2) is 32.3 Å². The van der Waals surface area contributed by atoms with E-state index < -0.39 is 10.0 Å². The molecule has 0 aliphatic rings. The molecule has 7 heteroatoms. The van der Waals surface area contributed by atoms with Crippen molar-refractivity contribution >= 4 is 21.4 Å². The molecule has 2 aromatic rings. The molecule has 0 aliphatic heterocycles. The van der Waals surface area contributed by atoms with Crippen LogP contribution >= 0.6 is 11.3 Å². The third kappa shape index (κ3) is 3.15. The van der Waals surface area contributed by atoms with E-state index in [2.05, 4.69) is 9.71 Å². The number of hydrogen-bond donors (Lipinski definition) is 1. The zero-order valence-electron chi connectivity index (χ0n) is 9.21. The number of aromatic nitrogens is 1. The molecular weight excluding hydrogens is 260 g/mol. The summed E-state index contributed by atoms with van der Waals surface area (Å²) in [5, 5.41) is 1.73. The van der Waals surface area contributed by atoms with E-state index in [0.29, 0.717) is 16.5 Å². The van der Waals surface area contributed by atoms with Crippen LogP contribution in [0.25, 0.3) is 0 Å². The van der Waals surface area contributed by atoms with E-state index in [0.717, 1.165) is 5.76 Å². The monoisotopic (exact) mass is 272 g/mol. The molecule has 0 aromatic carbocycles. The average Bonchev–Trinajstić information content (AvgIpc) is 2.89. The number of oxazole rings is 1. The van der Waals surface area contributed by atoms with E-state index in [4.69, 9.17) is 4.42 Å². The Kier molecular flexibility index (Phi) is 3.60. The van der Waals surface area contributed by atoms with Gasteiger partial charge in [-0.25, -0.2) is 18.1 Å². The molecule has 0 atom stereocenters. The maximum Gasteiger partial charge on any atom is 0.250 e. The number of nitrogens with one attached hydrogen (secondary N) is 1. The largest absolute Gasteiger partial charge is 0.446 e. The lowest BCUT2D eigenvalue weighted by Gasteiger charge is -2.02. The fourth-order valence-corrected chi connectivity index (χ4v) is 3.37. The number of sulfonamides is 1. The zero-order valence-corrected chi connectivity index (χ0v) is 10.8. The van der Waals surface area contributed by atoms with Crippen molar-refractivity contribution in [2.45, 2.75) is 17.6 Å². The second-order valence-electron chi connectivity index (χ2n) is 3.44. The minimum Gasteiger partial charge on any atom is -0.446 e. The van der Waals surface area contributed by atoms with Gasteiger partial charge >= 0.3 is 0 Å². The molecule has 0 spiro atoms. The van der Waals surface area contributed by atoms with Crippen molar-refractivity contribution in [3.63, 3.8) is 0 Å². The van der Waals surface area contributed by atoms with E-state index in [1.165, 1.54) is 11.3 Å². The molecule has 1 N–H and O–H groups in total. The number of rotatable bonds is 5. The van der Waals surface area contributed by atoms with E-state index in [1.807, 2.05) is 0 Å². The van der Waals surface area contributed by atoms with Gasteiger partial charge < -0.3 is 4.42 Å². The van der Waals surface area contributed by atoms with Crippen molar-refractivity contribution < 1.29 is 12.8 Å². The molecule has 0 amide bonds. The lowest BCUT2D eigenvalue weighted by molar-refractivity contribution is 0.469. The molecule has 92 valence electrons. The minimum absolute atomic E-state index is 0.278. The Balaban J connectivity index is 1.91. The van der Waals surface area contributed by atoms with Crippen molar-refractivity contribution in [1.29, 1.82) is 0 Å². The number of thiophene rings is 1. The van der Waals surface area contributed by atoms with Gasteiger partial charge in [-0.1, -0.05) is 6.07 Å². The van der Waals surface area contributed by atoms with Gasteiger partial charge in [0, 0.05) is 13.0 Å². The first-order valence-electron chi connectivity index (χ1n) is 5.02. The summed E-state index contributed by atoms with van der Waals surface area (Å²) < 4.78 is 31.5. The Labute approximate surface area is 104 Å². The van der Waals surface area contributed by atoms with Crippen molar-refractivity contribution in [1.82, 2.24) is 9.71 Å². The summed E-state index contributed by atoms with van der Waals surface area (Å²) in [5.41, 5.74) is 0. The molecule has 2 heterocycles. The van der Waals surface area contributed by atoms with Crippen LogP contribution in [-0.2, 0) is 16.4 Å². The summed E-state index contributed by atoms with van der Waals surface area (Å²) in [6, 6.07) is 3.28. The van der Waals surface area contributed by atoms with Gasteiger partial charge in [0.25, 0.3) is 0 Å². The number of hydrogen-bond acceptors (Lipinski definition) is 5. The van der Waals surface area contributed by atoms with Crippen LogP contribution in [0.2, 0.25) is 0 Å². The average molecular weight is 272 g/mol. The first-order valence-corrected chi connectivity index (χ1v) is 7.39. The van der Waals surface area contributed by atoms with Crippen LogP contribution in [0.1, 0.15) is 11.7 Å². The molecule has 2 aromatic heterocycles. The molecule has 0 radical (unpaired) electrons. The van der Waals surface area contributed by atoms with E-state index in [1.54, 1.807) is 30.6 Å². The van der Waals surface area contributed by atoms with E-state index in [-0.39, 0.29) is 6.54 Å². The number of nitrogens with zero attached hydrogens (tertiary/aromatic N) is 1. The molecule has 2 rings (SSSR count). The van der Waals surface area contributed by atoms with Crippen molar-refractivity contribution in [3.8, 4) is 0 Å². The fourth-order valence-electron chi connectivity index (χ4n) is 1.30. The summed E-state index contributed by atoms with van der Waals surface area (Å²) in [4.78, 5) is 4.00. The van der Waals surface area contributed by atoms with Crippen LogP contribution in [-0.4, -0.2) is 19.9 Å². The topological polar surface area (TPSA) is 72.2 Å². The van der Waals surface area contributed by atoms with Crippen molar-refractivity contribution in [2.75, 3.05) is 6.54 Å². The Bertz CT molecular complexity index is 572. The van der Waals surface area contributed by atoms with Crippen LogP contribution in [0, 0.1) is 6.92 Å². The predicted molar refractivity (Wildman–Crippen MR) is 64.5 cm³/mol. The lowest BCUT2D eigenvalue weighted by atomic mass is 10.4. The third-order valence-corrected chi connectivity index (χ3v) is 4.92. The Morgan fingerprint density at radius 2 is 2.35 bits per heavy atom. The maximum absolute atomic E-state index is 11.7. The summed E-state index contributed by atoms with van der Waals surface area (Å²) in [5.74, 6) is 1.26. The second kappa shape index (κ2) is 4.99. The van der Waals surface area contributed by atoms with Gasteiger partial charge in [0.1, 0.15) is 9.97 Å². The molecule has 0 fully saturated rings. The molecule has 0 bridgehead atoms. The van der Waals surface area contributed by atoms with Gasteiger partial charge in [-0.15, -0.1) is 11.3 Å². The highest BCUT2D eigenvalue weighted by Gasteiger charge is 2.14. The molecule has 0 unspecified atom stereocenters. The minimum atomic E-state index is -3.38. The maximum atomic E-state index is 11.7. The third-order valence-electron chi connectivity index (χ3n) is 2.06. The van der Waals surface area contributed by atoms with Gasteiger partial charge in [-0.2, -0.15) is 0 Å². The molecular formula is C10H12N2O3S2. The van der Waals surface area contributed by atoms with Gasteiger partial charge in [-0.05, 0) is 18.4 Å². The quantitative estimate of drug-likeness (QED) is 0.896. The first-order chi connectivity index (χ1) is 8.08. The van der Waals surface area contributed by atoms with Crippen LogP contribution in [0.4, 0.5) is 0 Å². The number of aryl methyl sites for hydroxylation is 1. The molecule has 0 aliphatic carbocycles. The van der Waals surface area contributed by atoms with Crippen LogP contribution < -0.4 is 4.72 Å². The molecule has 17 heavy (non-hydrogen) atoms. The Morgan fingerprint density at radius 1 is 1.53 bits per heavy atom. The molecule has 5 nitrogen and oxygen atoms in total. The van der Waals surface area contributed by atoms with Gasteiger partial charge in [0.2, 0.25) is 10.0 Å². The molecule has 0 saturated carbocycles. The summed E-state index contributed by atoms with van der Waals surface area (Å²) in [6.45, 7) is 2.08. The van der Waals surface area contributed by atoms with Gasteiger partial charge in [0.15, 0.2) is 5.89 Å². The van der Waals surface area contributed by atoms with Crippen LogP contribution in [0.5, 0.6) is 0 Å². The summed E-state index contributed by atoms with van der Waals surface area (Å²) in [7, 11) is -3.38. The van der Waals surface area contributed by atoms with Crippen molar-refractivity contribution in [3.05, 3.63) is 35.4 Å². The van der Waals surface area contributed by atoms with Crippen molar-refractivity contribution in [2.24, 2.45) is 0 Å². The lowest BCUT2D eigenvalue weighted by Crippen LogP contribution is -2.25. The second-order valence-corrected chi connectivity index (χ2v) is 6.39. The smallest absolute Gasteiger partial charge is 0.250 e. The Hall–Kier alpha value is -1.18. The highest BCUT2D eigenvalue weighted by Crippen LogP contribution is 2.15. The van der Waals surface area contributed by atoms with E-state index in [9.17, 15) is 8.42 Å². The van der Waals surface area contributed by atoms with E-state index >= 15 is 0 Å². The van der Waals surface area contributed by atoms with Gasteiger partial charge in [-0.3, -0.25) is 0 Å². The standard InChI is InChI=1S/C10H12N2O3S2/c1-8-7-11-9(15-8)4-5-12-17(13,14)10-3-2-6-16-10/h2-3,6-7,12H,4-5H2,1H3. The SMILES string of the molecule is Cc1cnc(CCNS(=O)(=O)c2cccs2)o1. The fraction of sp³-hybridized carbons (Fsp3) is 0.300. The van der Waals surface area contributed by atoms with Crippen LogP contribution in [0.3, 0.4) is 0 Å².